The molecule has 18 heavy (non-hydrogen) atoms. The van der Waals surface area contributed by atoms with Crippen LogP contribution in [0.2, 0.25) is 0 Å². The van der Waals surface area contributed by atoms with Gasteiger partial charge in [0.2, 0.25) is 0 Å². The van der Waals surface area contributed by atoms with Crippen LogP contribution in [0, 0.1) is 0 Å². The Morgan fingerprint density at radius 2 is 2.17 bits per heavy atom. The topological polar surface area (TPSA) is 40.7 Å². The number of hydrogen-bond donors (Lipinski definition) is 2. The van der Waals surface area contributed by atoms with Gasteiger partial charge in [0.25, 0.3) is 0 Å². The van der Waals surface area contributed by atoms with Gasteiger partial charge in [-0.05, 0) is 6.07 Å². The van der Waals surface area contributed by atoms with Crippen molar-refractivity contribution >= 4 is 21.4 Å². The number of H-pyrrole nitrogens is 1. The van der Waals surface area contributed by atoms with E-state index in [2.05, 4.69) is 39.9 Å². The van der Waals surface area contributed by atoms with Gasteiger partial charge in [0.1, 0.15) is 5.82 Å². The molecule has 0 radical (unpaired) electrons. The van der Waals surface area contributed by atoms with Gasteiger partial charge in [0, 0.05) is 40.5 Å². The summed E-state index contributed by atoms with van der Waals surface area (Å²) in [5.41, 5.74) is 3.69. The smallest absolute Gasteiger partial charge is 0.139 e. The Hall–Kier alpha value is -1.65. The predicted molar refractivity (Wildman–Crippen MR) is 74.8 cm³/mol. The van der Waals surface area contributed by atoms with E-state index < -0.39 is 0 Å². The van der Waals surface area contributed by atoms with Gasteiger partial charge < -0.3 is 10.3 Å². The van der Waals surface area contributed by atoms with Gasteiger partial charge >= 0.3 is 0 Å². The molecule has 3 heterocycles. The van der Waals surface area contributed by atoms with Crippen molar-refractivity contribution in [2.75, 3.05) is 6.54 Å². The first-order valence-corrected chi connectivity index (χ1v) is 7.05. The van der Waals surface area contributed by atoms with E-state index in [-0.39, 0.29) is 0 Å². The largest absolute Gasteiger partial charge is 0.341 e. The second-order valence-corrected chi connectivity index (χ2v) is 5.49. The molecule has 0 fully saturated rings. The van der Waals surface area contributed by atoms with Crippen molar-refractivity contribution < 1.29 is 0 Å². The number of thiophene rings is 1. The molecule has 1 aliphatic heterocycles. The van der Waals surface area contributed by atoms with E-state index in [4.69, 9.17) is 4.98 Å². The van der Waals surface area contributed by atoms with Crippen LogP contribution in [-0.4, -0.2) is 16.5 Å². The Morgan fingerprint density at radius 1 is 1.22 bits per heavy atom. The number of hydrogen-bond acceptors (Lipinski definition) is 3. The fraction of sp³-hybridized carbons (Fsp3) is 0.214. The molecule has 90 valence electrons. The van der Waals surface area contributed by atoms with Gasteiger partial charge in [0.15, 0.2) is 0 Å². The van der Waals surface area contributed by atoms with Crippen molar-refractivity contribution in [1.82, 2.24) is 15.3 Å². The van der Waals surface area contributed by atoms with Crippen molar-refractivity contribution in [2.45, 2.75) is 13.0 Å². The third kappa shape index (κ3) is 1.50. The third-order valence-electron chi connectivity index (χ3n) is 3.44. The van der Waals surface area contributed by atoms with Crippen LogP contribution in [-0.2, 0) is 13.0 Å². The average molecular weight is 255 g/mol. The first kappa shape index (κ1) is 10.3. The quantitative estimate of drug-likeness (QED) is 0.702. The molecule has 2 N–H and O–H groups in total. The van der Waals surface area contributed by atoms with Crippen molar-refractivity contribution in [3.8, 4) is 11.4 Å². The lowest BCUT2D eigenvalue weighted by atomic mass is 10.2. The molecule has 4 rings (SSSR count). The molecule has 0 aliphatic carbocycles. The lowest BCUT2D eigenvalue weighted by Gasteiger charge is -2.09. The highest BCUT2D eigenvalue weighted by Gasteiger charge is 2.16. The maximum Gasteiger partial charge on any atom is 0.139 e. The van der Waals surface area contributed by atoms with Crippen LogP contribution in [0.3, 0.4) is 0 Å². The molecule has 3 nitrogen and oxygen atoms in total. The summed E-state index contributed by atoms with van der Waals surface area (Å²) in [7, 11) is 0. The minimum Gasteiger partial charge on any atom is -0.341 e. The Balaban J connectivity index is 1.89. The van der Waals surface area contributed by atoms with E-state index in [0.717, 1.165) is 25.3 Å². The molecule has 0 saturated carbocycles. The monoisotopic (exact) mass is 255 g/mol. The van der Waals surface area contributed by atoms with Crippen LogP contribution < -0.4 is 5.32 Å². The molecule has 2 aromatic heterocycles. The van der Waals surface area contributed by atoms with Crippen LogP contribution in [0.15, 0.2) is 29.6 Å². The first-order valence-electron chi connectivity index (χ1n) is 6.17. The van der Waals surface area contributed by atoms with E-state index in [0.29, 0.717) is 0 Å². The fourth-order valence-electron chi connectivity index (χ4n) is 2.51. The molecule has 3 aromatic rings. The second kappa shape index (κ2) is 3.93. The van der Waals surface area contributed by atoms with Gasteiger partial charge in [-0.2, -0.15) is 0 Å². The van der Waals surface area contributed by atoms with Gasteiger partial charge in [0.05, 0.1) is 11.4 Å². The van der Waals surface area contributed by atoms with Crippen LogP contribution in [0.1, 0.15) is 11.4 Å². The summed E-state index contributed by atoms with van der Waals surface area (Å²) in [6.07, 6.45) is 1.02. The van der Waals surface area contributed by atoms with Crippen molar-refractivity contribution in [3.63, 3.8) is 0 Å². The number of rotatable bonds is 1. The SMILES string of the molecule is c1ccc2c(-c3nc4c([nH]3)CNCC4)csc2c1. The lowest BCUT2D eigenvalue weighted by Crippen LogP contribution is -2.23. The molecule has 4 heteroatoms. The van der Waals surface area contributed by atoms with Crippen LogP contribution in [0.4, 0.5) is 0 Å². The molecule has 1 aliphatic rings. The lowest BCUT2D eigenvalue weighted by molar-refractivity contribution is 0.627. The van der Waals surface area contributed by atoms with Crippen molar-refractivity contribution in [3.05, 3.63) is 41.0 Å². The zero-order valence-electron chi connectivity index (χ0n) is 9.86. The van der Waals surface area contributed by atoms with E-state index >= 15 is 0 Å². The number of nitrogens with zero attached hydrogens (tertiary/aromatic N) is 1. The average Bonchev–Trinajstić information content (AvgIpc) is 3.02. The molecule has 0 atom stereocenters. The maximum atomic E-state index is 4.75. The minimum absolute atomic E-state index is 0.907. The zero-order chi connectivity index (χ0) is 11.9. The van der Waals surface area contributed by atoms with E-state index in [1.54, 1.807) is 11.3 Å². The predicted octanol–water partition coefficient (Wildman–Crippen LogP) is 2.94. The van der Waals surface area contributed by atoms with Crippen LogP contribution in [0.5, 0.6) is 0 Å². The Morgan fingerprint density at radius 3 is 3.11 bits per heavy atom. The van der Waals surface area contributed by atoms with Crippen LogP contribution in [0.25, 0.3) is 21.5 Å². The summed E-state index contributed by atoms with van der Waals surface area (Å²) in [6, 6.07) is 8.50. The molecular formula is C14H13N3S. The van der Waals surface area contributed by atoms with Gasteiger partial charge in [-0.25, -0.2) is 4.98 Å². The van der Waals surface area contributed by atoms with Crippen molar-refractivity contribution in [1.29, 1.82) is 0 Å². The zero-order valence-corrected chi connectivity index (χ0v) is 10.7. The number of aromatic nitrogens is 2. The number of nitrogens with one attached hydrogen (secondary N) is 2. The third-order valence-corrected chi connectivity index (χ3v) is 4.40. The number of imidazole rings is 1. The second-order valence-electron chi connectivity index (χ2n) is 4.58. The molecule has 0 amide bonds. The Bertz CT molecular complexity index is 687. The molecule has 0 spiro atoms. The van der Waals surface area contributed by atoms with E-state index in [9.17, 15) is 0 Å². The standard InChI is InChI=1S/C14H13N3S/c1-2-4-13-9(3-1)10(8-18-13)14-16-11-5-6-15-7-12(11)17-14/h1-4,8,15H,5-7H2,(H,16,17). The van der Waals surface area contributed by atoms with Gasteiger partial charge in [-0.15, -0.1) is 11.3 Å². The Kier molecular flexibility index (Phi) is 2.25. The van der Waals surface area contributed by atoms with E-state index in [1.165, 1.54) is 27.0 Å². The molecule has 0 unspecified atom stereocenters. The maximum absolute atomic E-state index is 4.75. The summed E-state index contributed by atoms with van der Waals surface area (Å²) in [6.45, 7) is 1.94. The van der Waals surface area contributed by atoms with Crippen molar-refractivity contribution in [2.24, 2.45) is 0 Å². The highest BCUT2D eigenvalue weighted by Crippen LogP contribution is 2.32. The number of aromatic amines is 1. The summed E-state index contributed by atoms with van der Waals surface area (Å²) < 4.78 is 1.32. The molecule has 0 bridgehead atoms. The number of benzene rings is 1. The highest BCUT2D eigenvalue weighted by molar-refractivity contribution is 7.17. The summed E-state index contributed by atoms with van der Waals surface area (Å²) >= 11 is 1.78. The summed E-state index contributed by atoms with van der Waals surface area (Å²) in [5.74, 6) is 1.01. The highest BCUT2D eigenvalue weighted by atomic mass is 32.1. The molecular weight excluding hydrogens is 242 g/mol. The van der Waals surface area contributed by atoms with Gasteiger partial charge in [-0.3, -0.25) is 0 Å². The Labute approximate surface area is 109 Å². The minimum atomic E-state index is 0.907. The summed E-state index contributed by atoms with van der Waals surface area (Å²) in [5, 5.41) is 6.86. The summed E-state index contributed by atoms with van der Waals surface area (Å²) in [4.78, 5) is 8.22. The van der Waals surface area contributed by atoms with Gasteiger partial charge in [-0.1, -0.05) is 18.2 Å². The van der Waals surface area contributed by atoms with E-state index in [1.807, 2.05) is 0 Å². The normalized spacial score (nSPS) is 14.9. The van der Waals surface area contributed by atoms with Crippen LogP contribution >= 0.6 is 11.3 Å². The number of fused-ring (bicyclic) bond motifs is 2. The molecule has 1 aromatic carbocycles. The molecule has 0 saturated heterocycles. The first-order chi connectivity index (χ1) is 8.92. The fourth-order valence-corrected chi connectivity index (χ4v) is 3.45.